The molecule has 0 radical (unpaired) electrons. The molecule has 2 aromatic heterocycles. The van der Waals surface area contributed by atoms with E-state index in [0.29, 0.717) is 0 Å². The summed E-state index contributed by atoms with van der Waals surface area (Å²) in [6, 6.07) is 3.65. The Labute approximate surface area is 136 Å². The Balaban J connectivity index is 1.81. The van der Waals surface area contributed by atoms with Crippen LogP contribution in [0.1, 0.15) is 11.6 Å². The van der Waals surface area contributed by atoms with E-state index in [2.05, 4.69) is 19.9 Å². The fraction of sp³-hybridized carbons (Fsp3) is 0.214. The number of aromatic nitrogens is 4. The van der Waals surface area contributed by atoms with Crippen LogP contribution < -0.4 is 0 Å². The predicted molar refractivity (Wildman–Crippen MR) is 91.1 cm³/mol. The van der Waals surface area contributed by atoms with Gasteiger partial charge in [0.25, 0.3) is 0 Å². The van der Waals surface area contributed by atoms with Crippen LogP contribution in [0.5, 0.6) is 0 Å². The minimum atomic E-state index is 0.275. The Morgan fingerprint density at radius 2 is 1.29 bits per heavy atom. The molecule has 4 nitrogen and oxygen atoms in total. The van der Waals surface area contributed by atoms with Gasteiger partial charge in [-0.1, -0.05) is 12.2 Å². The Morgan fingerprint density at radius 3 is 1.67 bits per heavy atom. The molecule has 0 unspecified atom stereocenters. The fourth-order valence-electron chi connectivity index (χ4n) is 1.90. The first-order valence-corrected chi connectivity index (χ1v) is 8.60. The van der Waals surface area contributed by atoms with Crippen LogP contribution >= 0.6 is 35.7 Å². The molecule has 0 spiro atoms. The third-order valence-electron chi connectivity index (χ3n) is 2.81. The molecular formula is C14H12N4S3. The molecule has 7 heteroatoms. The smallest absolute Gasteiger partial charge is 0.133 e. The normalized spacial score (nSPS) is 15.4. The van der Waals surface area contributed by atoms with Crippen molar-refractivity contribution in [2.75, 3.05) is 0 Å². The summed E-state index contributed by atoms with van der Waals surface area (Å²) >= 11 is 8.65. The summed E-state index contributed by atoms with van der Waals surface area (Å²) in [7, 11) is 0. The number of thiocarbonyl (C=S) groups is 1. The molecule has 0 aliphatic carbocycles. The predicted octanol–water partition coefficient (Wildman–Crippen LogP) is 3.07. The van der Waals surface area contributed by atoms with Crippen LogP contribution in [0.2, 0.25) is 0 Å². The minimum Gasteiger partial charge on any atom is -0.241 e. The lowest BCUT2D eigenvalue weighted by Crippen LogP contribution is -1.98. The second-order valence-corrected chi connectivity index (χ2v) is 7.31. The monoisotopic (exact) mass is 332 g/mol. The molecule has 2 aromatic rings. The first-order chi connectivity index (χ1) is 10.3. The van der Waals surface area contributed by atoms with E-state index in [9.17, 15) is 0 Å². The lowest BCUT2D eigenvalue weighted by Gasteiger charge is -2.04. The lowest BCUT2D eigenvalue weighted by atomic mass is 10.3. The van der Waals surface area contributed by atoms with Crippen LogP contribution in [-0.2, 0) is 12.8 Å². The first kappa shape index (κ1) is 14.6. The van der Waals surface area contributed by atoms with Gasteiger partial charge in [-0.25, -0.2) is 19.9 Å². The maximum Gasteiger partial charge on any atom is 0.133 e. The van der Waals surface area contributed by atoms with Crippen molar-refractivity contribution in [3.05, 3.63) is 58.4 Å². The van der Waals surface area contributed by atoms with Crippen molar-refractivity contribution < 1.29 is 0 Å². The molecule has 0 amide bonds. The molecule has 1 aliphatic rings. The molecule has 0 N–H and O–H groups in total. The maximum absolute atomic E-state index is 5.09. The molecule has 3 rings (SSSR count). The molecule has 0 bridgehead atoms. The molecule has 3 heterocycles. The topological polar surface area (TPSA) is 51.6 Å². The van der Waals surface area contributed by atoms with Gasteiger partial charge in [-0.15, -0.1) is 23.5 Å². The van der Waals surface area contributed by atoms with Gasteiger partial charge < -0.3 is 0 Å². The molecule has 0 saturated heterocycles. The average Bonchev–Trinajstić information content (AvgIpc) is 2.91. The van der Waals surface area contributed by atoms with E-state index in [4.69, 9.17) is 12.2 Å². The van der Waals surface area contributed by atoms with E-state index in [0.717, 1.165) is 24.5 Å². The van der Waals surface area contributed by atoms with Crippen molar-refractivity contribution in [3.63, 3.8) is 0 Å². The van der Waals surface area contributed by atoms with E-state index < -0.39 is 0 Å². The summed E-state index contributed by atoms with van der Waals surface area (Å²) in [4.78, 5) is 19.7. The van der Waals surface area contributed by atoms with Gasteiger partial charge in [-0.3, -0.25) is 0 Å². The number of rotatable bonds is 5. The molecule has 0 saturated carbocycles. The third kappa shape index (κ3) is 3.87. The number of hydrogen-bond donors (Lipinski definition) is 0. The van der Waals surface area contributed by atoms with Crippen molar-refractivity contribution in [2.24, 2.45) is 0 Å². The van der Waals surface area contributed by atoms with Crippen LogP contribution in [0.3, 0.4) is 0 Å². The minimum absolute atomic E-state index is 0.275. The van der Waals surface area contributed by atoms with Gasteiger partial charge in [0, 0.05) is 52.8 Å². The zero-order valence-electron chi connectivity index (χ0n) is 11.0. The molecule has 0 aromatic carbocycles. The zero-order chi connectivity index (χ0) is 14.5. The second kappa shape index (κ2) is 7.11. The van der Waals surface area contributed by atoms with Crippen LogP contribution in [0.25, 0.3) is 0 Å². The standard InChI is InChI=1S/C14H12N4S3/c19-9-14-20-10(7-12-15-3-1-4-16-12)11(21-14)8-13-17-5-2-6-18-13/h1-6,9,14H,7-8H2. The van der Waals surface area contributed by atoms with E-state index in [-0.39, 0.29) is 4.58 Å². The molecule has 0 atom stereocenters. The Kier molecular flexibility index (Phi) is 4.95. The maximum atomic E-state index is 5.09. The van der Waals surface area contributed by atoms with Gasteiger partial charge in [0.2, 0.25) is 0 Å². The summed E-state index contributed by atoms with van der Waals surface area (Å²) in [5.74, 6) is 1.66. The summed E-state index contributed by atoms with van der Waals surface area (Å²) in [6.07, 6.45) is 8.55. The summed E-state index contributed by atoms with van der Waals surface area (Å²) in [5, 5.41) is 1.81. The number of hydrogen-bond acceptors (Lipinski definition) is 7. The van der Waals surface area contributed by atoms with Crippen LogP contribution in [0.4, 0.5) is 0 Å². The fourth-order valence-corrected chi connectivity index (χ4v) is 4.92. The SMILES string of the molecule is S=CC1SC(Cc2ncccn2)=C(Cc2ncccn2)S1. The molecule has 0 fully saturated rings. The first-order valence-electron chi connectivity index (χ1n) is 6.37. The van der Waals surface area contributed by atoms with Gasteiger partial charge in [0.1, 0.15) is 11.6 Å². The van der Waals surface area contributed by atoms with Crippen molar-refractivity contribution in [2.45, 2.75) is 17.4 Å². The number of allylic oxidation sites excluding steroid dienone is 2. The molecule has 1 aliphatic heterocycles. The highest BCUT2D eigenvalue weighted by molar-refractivity contribution is 8.25. The summed E-state index contributed by atoms with van der Waals surface area (Å²) in [5.41, 5.74) is 0. The highest BCUT2D eigenvalue weighted by Gasteiger charge is 2.25. The van der Waals surface area contributed by atoms with E-state index >= 15 is 0 Å². The Hall–Kier alpha value is -1.31. The summed E-state index contributed by atoms with van der Waals surface area (Å²) < 4.78 is 0.275. The number of thioether (sulfide) groups is 2. The molecular weight excluding hydrogens is 320 g/mol. The highest BCUT2D eigenvalue weighted by Crippen LogP contribution is 2.47. The van der Waals surface area contributed by atoms with Crippen molar-refractivity contribution in [3.8, 4) is 0 Å². The third-order valence-corrected chi connectivity index (χ3v) is 6.23. The van der Waals surface area contributed by atoms with Crippen molar-refractivity contribution in [1.82, 2.24) is 19.9 Å². The highest BCUT2D eigenvalue weighted by atomic mass is 32.2. The quantitative estimate of drug-likeness (QED) is 0.780. The largest absolute Gasteiger partial charge is 0.241 e. The van der Waals surface area contributed by atoms with Crippen LogP contribution in [-0.4, -0.2) is 29.9 Å². The van der Waals surface area contributed by atoms with Gasteiger partial charge in [0.05, 0.1) is 4.58 Å². The Bertz CT molecular complexity index is 592. The van der Waals surface area contributed by atoms with Crippen LogP contribution in [0, 0.1) is 0 Å². The van der Waals surface area contributed by atoms with Crippen molar-refractivity contribution in [1.29, 1.82) is 0 Å². The molecule has 106 valence electrons. The molecule has 21 heavy (non-hydrogen) atoms. The van der Waals surface area contributed by atoms with Gasteiger partial charge in [-0.05, 0) is 12.1 Å². The van der Waals surface area contributed by atoms with Gasteiger partial charge in [0.15, 0.2) is 0 Å². The average molecular weight is 332 g/mol. The lowest BCUT2D eigenvalue weighted by molar-refractivity contribution is 0.953. The van der Waals surface area contributed by atoms with Crippen molar-refractivity contribution >= 4 is 41.1 Å². The zero-order valence-corrected chi connectivity index (χ0v) is 13.5. The van der Waals surface area contributed by atoms with Crippen LogP contribution in [0.15, 0.2) is 46.7 Å². The van der Waals surface area contributed by atoms with Gasteiger partial charge >= 0.3 is 0 Å². The van der Waals surface area contributed by atoms with Gasteiger partial charge in [-0.2, -0.15) is 0 Å². The van der Waals surface area contributed by atoms with E-state index in [1.807, 2.05) is 12.1 Å². The summed E-state index contributed by atoms with van der Waals surface area (Å²) in [6.45, 7) is 0. The van der Waals surface area contributed by atoms with E-state index in [1.54, 1.807) is 53.7 Å². The second-order valence-electron chi connectivity index (χ2n) is 4.27. The number of nitrogens with zero attached hydrogens (tertiary/aromatic N) is 4. The Morgan fingerprint density at radius 1 is 0.857 bits per heavy atom. The van der Waals surface area contributed by atoms with E-state index in [1.165, 1.54) is 9.81 Å².